The number of aliphatic carboxylic acids is 1. The van der Waals surface area contributed by atoms with Crippen LogP contribution in [-0.2, 0) is 4.79 Å². The van der Waals surface area contributed by atoms with Gasteiger partial charge < -0.3 is 15.3 Å². The minimum absolute atomic E-state index is 0.185. The molecule has 1 fully saturated rings. The van der Waals surface area contributed by atoms with E-state index >= 15 is 0 Å². The number of nitrogens with one attached hydrogen (secondary N) is 1. The average Bonchev–Trinajstić information content (AvgIpc) is 2.33. The van der Waals surface area contributed by atoms with Crippen LogP contribution < -0.4 is 5.32 Å². The van der Waals surface area contributed by atoms with Crippen molar-refractivity contribution in [2.45, 2.75) is 77.4 Å². The van der Waals surface area contributed by atoms with Gasteiger partial charge in [0.05, 0.1) is 0 Å². The van der Waals surface area contributed by atoms with Gasteiger partial charge in [0.25, 0.3) is 0 Å². The first-order valence-corrected chi connectivity index (χ1v) is 7.29. The van der Waals surface area contributed by atoms with Crippen molar-refractivity contribution in [3.63, 3.8) is 0 Å². The number of nitrogens with zero attached hydrogens (tertiary/aromatic N) is 1. The van der Waals surface area contributed by atoms with E-state index < -0.39 is 12.0 Å². The summed E-state index contributed by atoms with van der Waals surface area (Å²) in [7, 11) is 0. The molecule has 0 aromatic rings. The Hall–Kier alpha value is -1.26. The van der Waals surface area contributed by atoms with Gasteiger partial charge in [-0.3, -0.25) is 0 Å². The average molecular weight is 270 g/mol. The minimum Gasteiger partial charge on any atom is -0.480 e. The molecule has 0 aromatic heterocycles. The van der Waals surface area contributed by atoms with Gasteiger partial charge in [-0.25, -0.2) is 9.59 Å². The molecule has 1 saturated heterocycles. The molecule has 0 aromatic carbocycles. The Morgan fingerprint density at radius 1 is 1.32 bits per heavy atom. The van der Waals surface area contributed by atoms with Crippen LogP contribution in [0, 0.1) is 0 Å². The summed E-state index contributed by atoms with van der Waals surface area (Å²) in [5.41, 5.74) is 0. The van der Waals surface area contributed by atoms with Crippen LogP contribution >= 0.6 is 0 Å². The molecule has 1 aliphatic heterocycles. The van der Waals surface area contributed by atoms with Crippen LogP contribution in [0.15, 0.2) is 0 Å². The fourth-order valence-corrected chi connectivity index (χ4v) is 2.71. The van der Waals surface area contributed by atoms with E-state index in [-0.39, 0.29) is 18.1 Å². The fourth-order valence-electron chi connectivity index (χ4n) is 2.71. The molecule has 0 radical (unpaired) electrons. The van der Waals surface area contributed by atoms with Crippen LogP contribution in [0.4, 0.5) is 4.79 Å². The molecule has 1 heterocycles. The maximum absolute atomic E-state index is 12.2. The third kappa shape index (κ3) is 4.40. The van der Waals surface area contributed by atoms with E-state index in [4.69, 9.17) is 5.11 Å². The van der Waals surface area contributed by atoms with Gasteiger partial charge in [-0.1, -0.05) is 19.8 Å². The lowest BCUT2D eigenvalue weighted by molar-refractivity contribution is -0.139. The summed E-state index contributed by atoms with van der Waals surface area (Å²) in [5, 5.41) is 11.8. The van der Waals surface area contributed by atoms with Crippen LogP contribution in [0.1, 0.15) is 59.3 Å². The number of unbranched alkanes of at least 4 members (excludes halogenated alkanes) is 1. The van der Waals surface area contributed by atoms with Crippen molar-refractivity contribution in [1.82, 2.24) is 10.2 Å². The predicted octanol–water partition coefficient (Wildman–Crippen LogP) is 2.60. The van der Waals surface area contributed by atoms with Crippen molar-refractivity contribution in [2.24, 2.45) is 0 Å². The highest BCUT2D eigenvalue weighted by Gasteiger charge is 2.31. The Kier molecular flexibility index (Phi) is 6.12. The molecule has 3 atom stereocenters. The van der Waals surface area contributed by atoms with Crippen molar-refractivity contribution in [2.75, 3.05) is 0 Å². The number of hydrogen-bond donors (Lipinski definition) is 2. The molecular formula is C14H26N2O3. The van der Waals surface area contributed by atoms with E-state index in [9.17, 15) is 9.59 Å². The first kappa shape index (κ1) is 15.8. The van der Waals surface area contributed by atoms with Crippen LogP contribution in [0.3, 0.4) is 0 Å². The number of carbonyl (C=O) groups is 2. The van der Waals surface area contributed by atoms with Crippen LogP contribution in [0.2, 0.25) is 0 Å². The molecule has 2 N–H and O–H groups in total. The summed E-state index contributed by atoms with van der Waals surface area (Å²) in [6.45, 7) is 6.06. The zero-order valence-electron chi connectivity index (χ0n) is 12.2. The zero-order chi connectivity index (χ0) is 14.4. The molecule has 19 heavy (non-hydrogen) atoms. The molecule has 0 spiro atoms. The Labute approximate surface area is 115 Å². The number of piperidine rings is 1. The molecule has 1 aliphatic rings. The molecular weight excluding hydrogens is 244 g/mol. The Bertz CT molecular complexity index is 310. The molecule has 2 amide bonds. The van der Waals surface area contributed by atoms with Crippen molar-refractivity contribution in [3.8, 4) is 0 Å². The second kappa shape index (κ2) is 7.36. The van der Waals surface area contributed by atoms with Gasteiger partial charge in [-0.2, -0.15) is 0 Å². The molecule has 5 heteroatoms. The number of carbonyl (C=O) groups excluding carboxylic acids is 1. The molecule has 5 nitrogen and oxygen atoms in total. The number of amides is 2. The minimum atomic E-state index is -0.945. The topological polar surface area (TPSA) is 69.6 Å². The molecule has 1 rings (SSSR count). The van der Waals surface area contributed by atoms with E-state index in [1.807, 2.05) is 20.8 Å². The number of hydrogen-bond acceptors (Lipinski definition) is 2. The summed E-state index contributed by atoms with van der Waals surface area (Å²) in [5.74, 6) is -0.945. The van der Waals surface area contributed by atoms with E-state index in [2.05, 4.69) is 5.32 Å². The highest BCUT2D eigenvalue weighted by molar-refractivity contribution is 5.82. The summed E-state index contributed by atoms with van der Waals surface area (Å²) < 4.78 is 0. The van der Waals surface area contributed by atoms with Gasteiger partial charge in [0.2, 0.25) is 0 Å². The fraction of sp³-hybridized carbons (Fsp3) is 0.857. The summed E-state index contributed by atoms with van der Waals surface area (Å²) in [6, 6.07) is -0.634. The van der Waals surface area contributed by atoms with Gasteiger partial charge in [0.1, 0.15) is 6.04 Å². The monoisotopic (exact) mass is 270 g/mol. The third-order valence-corrected chi connectivity index (χ3v) is 3.87. The summed E-state index contributed by atoms with van der Waals surface area (Å²) in [6.07, 6.45) is 5.34. The van der Waals surface area contributed by atoms with E-state index in [1.54, 1.807) is 4.90 Å². The Balaban J connectivity index is 2.62. The summed E-state index contributed by atoms with van der Waals surface area (Å²) >= 11 is 0. The largest absolute Gasteiger partial charge is 0.480 e. The Morgan fingerprint density at radius 3 is 2.37 bits per heavy atom. The van der Waals surface area contributed by atoms with Gasteiger partial charge in [-0.05, 0) is 39.5 Å². The first-order valence-electron chi connectivity index (χ1n) is 7.29. The molecule has 110 valence electrons. The standard InChI is InChI=1S/C14H26N2O3/c1-4-5-9-12(13(17)18)15-14(19)16-10(2)7-6-8-11(16)3/h10-12H,4-9H2,1-3H3,(H,15,19)(H,17,18)/t10?,11?,12-/m0/s1. The Morgan fingerprint density at radius 2 is 1.89 bits per heavy atom. The van der Waals surface area contributed by atoms with Crippen molar-refractivity contribution in [3.05, 3.63) is 0 Å². The molecule has 0 aliphatic carbocycles. The number of rotatable bonds is 5. The highest BCUT2D eigenvalue weighted by atomic mass is 16.4. The first-order chi connectivity index (χ1) is 8.97. The second-order valence-corrected chi connectivity index (χ2v) is 5.52. The number of carboxylic acid groups (broad SMARTS) is 1. The lowest BCUT2D eigenvalue weighted by atomic mass is 9.98. The molecule has 0 saturated carbocycles. The number of carboxylic acids is 1. The van der Waals surface area contributed by atoms with Crippen LogP contribution in [0.5, 0.6) is 0 Å². The van der Waals surface area contributed by atoms with E-state index in [0.29, 0.717) is 6.42 Å². The maximum atomic E-state index is 12.2. The van der Waals surface area contributed by atoms with Crippen molar-refractivity contribution < 1.29 is 14.7 Å². The maximum Gasteiger partial charge on any atom is 0.326 e. The smallest absolute Gasteiger partial charge is 0.326 e. The SMILES string of the molecule is CCCC[C@H](NC(=O)N1C(C)CCCC1C)C(=O)O. The van der Waals surface area contributed by atoms with Gasteiger partial charge in [0.15, 0.2) is 0 Å². The van der Waals surface area contributed by atoms with Crippen LogP contribution in [0.25, 0.3) is 0 Å². The second-order valence-electron chi connectivity index (χ2n) is 5.52. The predicted molar refractivity (Wildman–Crippen MR) is 74.1 cm³/mol. The van der Waals surface area contributed by atoms with Crippen molar-refractivity contribution >= 4 is 12.0 Å². The van der Waals surface area contributed by atoms with Crippen LogP contribution in [-0.4, -0.2) is 40.1 Å². The number of likely N-dealkylation sites (tertiary alicyclic amines) is 1. The van der Waals surface area contributed by atoms with Gasteiger partial charge in [0, 0.05) is 12.1 Å². The van der Waals surface area contributed by atoms with E-state index in [0.717, 1.165) is 32.1 Å². The van der Waals surface area contributed by atoms with Gasteiger partial charge >= 0.3 is 12.0 Å². The third-order valence-electron chi connectivity index (χ3n) is 3.87. The normalized spacial score (nSPS) is 24.9. The molecule has 0 bridgehead atoms. The quantitative estimate of drug-likeness (QED) is 0.806. The zero-order valence-corrected chi connectivity index (χ0v) is 12.2. The van der Waals surface area contributed by atoms with Gasteiger partial charge in [-0.15, -0.1) is 0 Å². The lowest BCUT2D eigenvalue weighted by Gasteiger charge is -2.39. The number of urea groups is 1. The molecule has 2 unspecified atom stereocenters. The van der Waals surface area contributed by atoms with Crippen molar-refractivity contribution in [1.29, 1.82) is 0 Å². The van der Waals surface area contributed by atoms with E-state index in [1.165, 1.54) is 0 Å². The lowest BCUT2D eigenvalue weighted by Crippen LogP contribution is -2.55. The summed E-state index contributed by atoms with van der Waals surface area (Å²) in [4.78, 5) is 25.2. The highest BCUT2D eigenvalue weighted by Crippen LogP contribution is 2.22.